The van der Waals surface area contributed by atoms with Gasteiger partial charge in [-0.15, -0.1) is 5.10 Å². The van der Waals surface area contributed by atoms with E-state index < -0.39 is 11.4 Å². The highest BCUT2D eigenvalue weighted by Crippen LogP contribution is 2.27. The average Bonchev–Trinajstić information content (AvgIpc) is 3.24. The van der Waals surface area contributed by atoms with Gasteiger partial charge in [0.1, 0.15) is 5.58 Å². The maximum atomic E-state index is 12.2. The lowest BCUT2D eigenvalue weighted by Crippen LogP contribution is -2.18. The molecule has 4 rings (SSSR count). The van der Waals surface area contributed by atoms with Gasteiger partial charge in [0.05, 0.1) is 12.8 Å². The molecule has 0 N–H and O–H groups in total. The number of furan rings is 1. The first-order chi connectivity index (χ1) is 12.9. The zero-order chi connectivity index (χ0) is 19.1. The predicted molar refractivity (Wildman–Crippen MR) is 98.9 cm³/mol. The summed E-state index contributed by atoms with van der Waals surface area (Å²) < 4.78 is 16.9. The molecule has 138 valence electrons. The Hall–Kier alpha value is -3.35. The third kappa shape index (κ3) is 3.12. The van der Waals surface area contributed by atoms with Gasteiger partial charge >= 0.3 is 11.4 Å². The molecule has 27 heavy (non-hydrogen) atoms. The van der Waals surface area contributed by atoms with Crippen molar-refractivity contribution in [3.05, 3.63) is 74.3 Å². The minimum Gasteiger partial charge on any atom is -0.459 e. The van der Waals surface area contributed by atoms with Crippen molar-refractivity contribution in [3.8, 4) is 11.7 Å². The Kier molecular flexibility index (Phi) is 4.07. The molecule has 0 saturated heterocycles. The van der Waals surface area contributed by atoms with Crippen molar-refractivity contribution in [1.29, 1.82) is 0 Å². The van der Waals surface area contributed by atoms with E-state index in [0.717, 1.165) is 16.5 Å². The van der Waals surface area contributed by atoms with Gasteiger partial charge in [-0.3, -0.25) is 0 Å². The highest BCUT2D eigenvalue weighted by atomic mass is 16.4. The summed E-state index contributed by atoms with van der Waals surface area (Å²) in [4.78, 5) is 24.2. The van der Waals surface area contributed by atoms with Crippen LogP contribution in [0.4, 0.5) is 0 Å². The van der Waals surface area contributed by atoms with Gasteiger partial charge in [-0.25, -0.2) is 9.59 Å². The van der Waals surface area contributed by atoms with Crippen LogP contribution in [0.15, 0.2) is 59.4 Å². The number of hydrogen-bond donors (Lipinski definition) is 0. The number of aromatic nitrogens is 2. The van der Waals surface area contributed by atoms with Gasteiger partial charge in [0.2, 0.25) is 0 Å². The fourth-order valence-corrected chi connectivity index (χ4v) is 3.21. The van der Waals surface area contributed by atoms with Gasteiger partial charge in [-0.1, -0.05) is 13.8 Å². The van der Waals surface area contributed by atoms with Crippen molar-refractivity contribution < 1.29 is 13.3 Å². The molecule has 0 spiro atoms. The van der Waals surface area contributed by atoms with Crippen LogP contribution in [0.25, 0.3) is 22.6 Å². The van der Waals surface area contributed by atoms with Crippen LogP contribution in [-0.4, -0.2) is 9.78 Å². The third-order valence-electron chi connectivity index (χ3n) is 4.50. The van der Waals surface area contributed by atoms with Crippen molar-refractivity contribution in [1.82, 2.24) is 9.78 Å². The minimum atomic E-state index is -0.626. The fraction of sp³-hybridized carbons (Fsp3) is 0.250. The van der Waals surface area contributed by atoms with Crippen LogP contribution in [0.1, 0.15) is 36.5 Å². The van der Waals surface area contributed by atoms with Crippen LogP contribution in [0, 0.1) is 6.92 Å². The molecule has 0 aliphatic rings. The first kappa shape index (κ1) is 17.1. The van der Waals surface area contributed by atoms with Crippen LogP contribution in [0.2, 0.25) is 0 Å². The molecular formula is C20H18N2O5. The van der Waals surface area contributed by atoms with Crippen LogP contribution >= 0.6 is 0 Å². The molecule has 4 aromatic rings. The van der Waals surface area contributed by atoms with E-state index in [-0.39, 0.29) is 12.4 Å². The largest absolute Gasteiger partial charge is 0.459 e. The zero-order valence-electron chi connectivity index (χ0n) is 15.2. The summed E-state index contributed by atoms with van der Waals surface area (Å²) in [6, 6.07) is 8.58. The number of hydrogen-bond acceptors (Lipinski definition) is 6. The Bertz CT molecular complexity index is 1230. The molecule has 0 unspecified atom stereocenters. The van der Waals surface area contributed by atoms with Gasteiger partial charge in [-0.2, -0.15) is 4.68 Å². The standard InChI is InChI=1S/C20H18N2O5/c1-11(2)14-9-15-13(8-18(23)26-17(15)7-12(14)3)10-22-20(24)27-19(21-22)16-5-4-6-25-16/h4-9,11H,10H2,1-3H3. The van der Waals surface area contributed by atoms with Gasteiger partial charge in [0.25, 0.3) is 5.89 Å². The van der Waals surface area contributed by atoms with Crippen LogP contribution in [0.5, 0.6) is 0 Å². The second kappa shape index (κ2) is 6.42. The lowest BCUT2D eigenvalue weighted by molar-refractivity contribution is 0.476. The Morgan fingerprint density at radius 2 is 1.96 bits per heavy atom. The van der Waals surface area contributed by atoms with Gasteiger partial charge in [0.15, 0.2) is 5.76 Å². The molecule has 7 nitrogen and oxygen atoms in total. The highest BCUT2D eigenvalue weighted by Gasteiger charge is 2.16. The second-order valence-electron chi connectivity index (χ2n) is 6.76. The summed E-state index contributed by atoms with van der Waals surface area (Å²) in [5.41, 5.74) is 2.86. The van der Waals surface area contributed by atoms with E-state index in [2.05, 4.69) is 18.9 Å². The zero-order valence-corrected chi connectivity index (χ0v) is 15.2. The van der Waals surface area contributed by atoms with Crippen molar-refractivity contribution >= 4 is 11.0 Å². The molecule has 0 fully saturated rings. The van der Waals surface area contributed by atoms with E-state index in [4.69, 9.17) is 13.3 Å². The number of benzene rings is 1. The number of nitrogens with zero attached hydrogens (tertiary/aromatic N) is 2. The molecule has 0 aliphatic carbocycles. The van der Waals surface area contributed by atoms with Crippen LogP contribution in [-0.2, 0) is 6.54 Å². The SMILES string of the molecule is Cc1cc2oc(=O)cc(Cn3nc(-c4ccco4)oc3=O)c2cc1C(C)C. The summed E-state index contributed by atoms with van der Waals surface area (Å²) in [7, 11) is 0. The highest BCUT2D eigenvalue weighted by molar-refractivity contribution is 5.82. The molecule has 1 aromatic carbocycles. The van der Waals surface area contributed by atoms with Gasteiger partial charge in [0, 0.05) is 11.5 Å². The van der Waals surface area contributed by atoms with E-state index in [0.29, 0.717) is 22.8 Å². The lowest BCUT2D eigenvalue weighted by atomic mass is 9.95. The molecule has 7 heteroatoms. The molecule has 0 amide bonds. The Labute approximate surface area is 153 Å². The van der Waals surface area contributed by atoms with E-state index in [1.165, 1.54) is 17.0 Å². The summed E-state index contributed by atoms with van der Waals surface area (Å²) in [5.74, 6) is 0.144. The third-order valence-corrected chi connectivity index (χ3v) is 4.50. The van der Waals surface area contributed by atoms with Crippen LogP contribution in [0.3, 0.4) is 0 Å². The van der Waals surface area contributed by atoms with E-state index in [1.807, 2.05) is 19.1 Å². The van der Waals surface area contributed by atoms with Gasteiger partial charge < -0.3 is 13.3 Å². The molecule has 3 aromatic heterocycles. The maximum absolute atomic E-state index is 12.2. The first-order valence-corrected chi connectivity index (χ1v) is 8.61. The van der Waals surface area contributed by atoms with Crippen molar-refractivity contribution in [2.24, 2.45) is 0 Å². The second-order valence-corrected chi connectivity index (χ2v) is 6.76. The molecule has 0 atom stereocenters. The summed E-state index contributed by atoms with van der Waals surface area (Å²) >= 11 is 0. The Morgan fingerprint density at radius 3 is 2.67 bits per heavy atom. The van der Waals surface area contributed by atoms with Crippen molar-refractivity contribution in [3.63, 3.8) is 0 Å². The predicted octanol–water partition coefficient (Wildman–Crippen LogP) is 3.68. The fourth-order valence-electron chi connectivity index (χ4n) is 3.21. The molecule has 0 radical (unpaired) electrons. The average molecular weight is 366 g/mol. The number of fused-ring (bicyclic) bond motifs is 1. The topological polar surface area (TPSA) is 91.4 Å². The normalized spacial score (nSPS) is 11.6. The molecule has 0 bridgehead atoms. The molecule has 3 heterocycles. The number of rotatable bonds is 4. The summed E-state index contributed by atoms with van der Waals surface area (Å²) in [6.07, 6.45) is 1.47. The maximum Gasteiger partial charge on any atom is 0.437 e. The van der Waals surface area contributed by atoms with Crippen molar-refractivity contribution in [2.45, 2.75) is 33.2 Å². The Balaban J connectivity index is 1.83. The summed E-state index contributed by atoms with van der Waals surface area (Å²) in [5, 5.41) is 4.95. The smallest absolute Gasteiger partial charge is 0.437 e. The lowest BCUT2D eigenvalue weighted by Gasteiger charge is -2.12. The quantitative estimate of drug-likeness (QED) is 0.512. The number of aryl methyl sites for hydroxylation is 1. The van der Waals surface area contributed by atoms with E-state index >= 15 is 0 Å². The molecule has 0 saturated carbocycles. The first-order valence-electron chi connectivity index (χ1n) is 8.61. The van der Waals surface area contributed by atoms with Gasteiger partial charge in [-0.05, 0) is 53.8 Å². The molecular weight excluding hydrogens is 348 g/mol. The van der Waals surface area contributed by atoms with E-state index in [9.17, 15) is 9.59 Å². The Morgan fingerprint density at radius 1 is 1.15 bits per heavy atom. The minimum absolute atomic E-state index is 0.0890. The van der Waals surface area contributed by atoms with E-state index in [1.54, 1.807) is 12.1 Å². The van der Waals surface area contributed by atoms with Crippen molar-refractivity contribution in [2.75, 3.05) is 0 Å². The van der Waals surface area contributed by atoms with Crippen LogP contribution < -0.4 is 11.4 Å². The monoisotopic (exact) mass is 366 g/mol. The summed E-state index contributed by atoms with van der Waals surface area (Å²) in [6.45, 7) is 6.28. The molecule has 0 aliphatic heterocycles.